The molecule has 5 heteroatoms. The Labute approximate surface area is 277 Å². The van der Waals surface area contributed by atoms with Crippen LogP contribution in [0.5, 0.6) is 0 Å². The van der Waals surface area contributed by atoms with Gasteiger partial charge in [-0.05, 0) is 0 Å². The maximum absolute atomic E-state index is 4.76. The monoisotopic (exact) mass is 672 g/mol. The van der Waals surface area contributed by atoms with Gasteiger partial charge in [-0.25, -0.2) is 0 Å². The third-order valence-corrected chi connectivity index (χ3v) is 12.6. The number of allylic oxidation sites excluding steroid dienone is 10. The van der Waals surface area contributed by atoms with Gasteiger partial charge >= 0.3 is 254 Å². The van der Waals surface area contributed by atoms with E-state index in [0.29, 0.717) is 11.8 Å². The number of halogens is 2. The van der Waals surface area contributed by atoms with Gasteiger partial charge in [-0.15, -0.1) is 0 Å². The summed E-state index contributed by atoms with van der Waals surface area (Å²) in [6.45, 7) is 4.18. The molecule has 2 unspecified atom stereocenters. The SMILES string of the molecule is Cc1ccc(-c2ccc3c(c2)[C]([Zr+2][C]2=C4C=CC=CC4c4ccc(-c5ccc(C)cn5)cc42)=C2C=CC=CC23)nc1.[Cl-].[Cl-]. The Morgan fingerprint density at radius 3 is 1.44 bits per heavy atom. The minimum absolute atomic E-state index is 0. The largest absolute Gasteiger partial charge is 1.00 e. The average Bonchev–Trinajstić information content (AvgIpc) is 3.50. The number of pyridine rings is 2. The Bertz CT molecular complexity index is 1780. The molecular formula is C38H28Cl2N2Zr. The molecular weight excluding hydrogens is 647 g/mol. The fourth-order valence-corrected chi connectivity index (χ4v) is 10.7. The number of hydrogen-bond acceptors (Lipinski definition) is 2. The zero-order valence-corrected chi connectivity index (χ0v) is 27.8. The summed E-state index contributed by atoms with van der Waals surface area (Å²) in [5, 5.41) is 0. The normalized spacial score (nSPS) is 18.4. The van der Waals surface area contributed by atoms with Crippen molar-refractivity contribution in [2.75, 3.05) is 0 Å². The molecule has 0 spiro atoms. The van der Waals surface area contributed by atoms with E-state index < -0.39 is 23.2 Å². The molecule has 208 valence electrons. The molecule has 2 atom stereocenters. The molecule has 0 bridgehead atoms. The van der Waals surface area contributed by atoms with Gasteiger partial charge in [0.25, 0.3) is 0 Å². The number of nitrogens with zero attached hydrogens (tertiary/aromatic N) is 2. The van der Waals surface area contributed by atoms with Gasteiger partial charge in [0.1, 0.15) is 0 Å². The van der Waals surface area contributed by atoms with Crippen molar-refractivity contribution < 1.29 is 48.0 Å². The van der Waals surface area contributed by atoms with Crippen LogP contribution in [0.2, 0.25) is 0 Å². The topological polar surface area (TPSA) is 25.8 Å². The molecule has 0 saturated carbocycles. The summed E-state index contributed by atoms with van der Waals surface area (Å²) in [4.78, 5) is 9.52. The molecule has 43 heavy (non-hydrogen) atoms. The van der Waals surface area contributed by atoms with E-state index in [0.717, 1.165) is 11.4 Å². The summed E-state index contributed by atoms with van der Waals surface area (Å²) < 4.78 is 3.19. The third kappa shape index (κ3) is 5.12. The minimum atomic E-state index is -1.23. The van der Waals surface area contributed by atoms with Crippen LogP contribution in [0.3, 0.4) is 0 Å². The maximum atomic E-state index is 4.76. The van der Waals surface area contributed by atoms with Gasteiger partial charge in [0.2, 0.25) is 0 Å². The number of aryl methyl sites for hydroxylation is 2. The standard InChI is InChI=1S/2C19H14N.2ClH.Zr/c2*1-13-6-9-19(20-12-13)15-7-8-18-16(11-15)10-14-4-2-3-5-17(14)18;;;/h2*2-9,11-12,17H,1H3;2*1H;/q;;;;+2/p-2. The van der Waals surface area contributed by atoms with Crippen molar-refractivity contribution in [2.45, 2.75) is 25.7 Å². The molecule has 0 N–H and O–H groups in total. The van der Waals surface area contributed by atoms with Crippen LogP contribution in [0.15, 0.2) is 133 Å². The molecule has 2 aromatic heterocycles. The van der Waals surface area contributed by atoms with Crippen LogP contribution in [-0.4, -0.2) is 9.97 Å². The van der Waals surface area contributed by atoms with Crippen LogP contribution in [0.4, 0.5) is 0 Å². The predicted molar refractivity (Wildman–Crippen MR) is 165 cm³/mol. The zero-order valence-electron chi connectivity index (χ0n) is 23.9. The van der Waals surface area contributed by atoms with Crippen LogP contribution in [-0.2, 0) is 23.2 Å². The van der Waals surface area contributed by atoms with E-state index >= 15 is 0 Å². The van der Waals surface area contributed by atoms with Crippen LogP contribution in [0.1, 0.15) is 45.2 Å². The van der Waals surface area contributed by atoms with Gasteiger partial charge in [0, 0.05) is 0 Å². The Hall–Kier alpha value is -3.36. The first-order valence-corrected chi connectivity index (χ1v) is 16.7. The molecule has 0 fully saturated rings. The van der Waals surface area contributed by atoms with E-state index in [1.165, 1.54) is 55.7 Å². The number of aromatic nitrogens is 2. The van der Waals surface area contributed by atoms with Crippen molar-refractivity contribution >= 4 is 6.56 Å². The second-order valence-electron chi connectivity index (χ2n) is 11.3. The Morgan fingerprint density at radius 2 is 1.02 bits per heavy atom. The molecule has 0 radical (unpaired) electrons. The molecule has 8 rings (SSSR count). The van der Waals surface area contributed by atoms with E-state index in [1.54, 1.807) is 6.56 Å². The smallest absolute Gasteiger partial charge is 1.00 e. The quantitative estimate of drug-likeness (QED) is 0.333. The van der Waals surface area contributed by atoms with Gasteiger partial charge in [-0.1, -0.05) is 0 Å². The Kier molecular flexibility index (Phi) is 8.27. The van der Waals surface area contributed by atoms with Crippen LogP contribution >= 0.6 is 0 Å². The molecule has 0 amide bonds. The molecule has 4 aromatic rings. The van der Waals surface area contributed by atoms with Crippen molar-refractivity contribution in [3.8, 4) is 22.5 Å². The van der Waals surface area contributed by atoms with Gasteiger partial charge in [0.05, 0.1) is 0 Å². The van der Waals surface area contributed by atoms with E-state index in [9.17, 15) is 0 Å². The fourth-order valence-electron chi connectivity index (χ4n) is 6.50. The predicted octanol–water partition coefficient (Wildman–Crippen LogP) is 3.09. The number of hydrogen-bond donors (Lipinski definition) is 0. The van der Waals surface area contributed by atoms with Crippen molar-refractivity contribution in [1.29, 1.82) is 0 Å². The van der Waals surface area contributed by atoms with Crippen LogP contribution in [0.25, 0.3) is 29.1 Å². The van der Waals surface area contributed by atoms with Crippen LogP contribution in [0, 0.1) is 13.8 Å². The van der Waals surface area contributed by atoms with Crippen molar-refractivity contribution in [3.05, 3.63) is 166 Å². The summed E-state index contributed by atoms with van der Waals surface area (Å²) in [6, 6.07) is 22.6. The van der Waals surface area contributed by atoms with Crippen molar-refractivity contribution in [1.82, 2.24) is 9.97 Å². The Balaban J connectivity index is 0.00000165. The average molecular weight is 675 g/mol. The maximum Gasteiger partial charge on any atom is -1.00 e. The summed E-state index contributed by atoms with van der Waals surface area (Å²) in [7, 11) is 0. The van der Waals surface area contributed by atoms with Gasteiger partial charge < -0.3 is 24.8 Å². The molecule has 4 aliphatic carbocycles. The van der Waals surface area contributed by atoms with Crippen molar-refractivity contribution in [2.24, 2.45) is 0 Å². The molecule has 0 saturated heterocycles. The molecule has 2 heterocycles. The summed E-state index contributed by atoms with van der Waals surface area (Å²) in [5.74, 6) is 0.691. The second kappa shape index (κ2) is 12.0. The molecule has 0 aliphatic heterocycles. The first kappa shape index (κ1) is 29.7. The number of fused-ring (bicyclic) bond motifs is 6. The molecule has 2 nitrogen and oxygen atoms in total. The summed E-state index contributed by atoms with van der Waals surface area (Å²) in [6.07, 6.45) is 22.3. The van der Waals surface area contributed by atoms with Gasteiger partial charge in [0.15, 0.2) is 0 Å². The Morgan fingerprint density at radius 1 is 0.558 bits per heavy atom. The van der Waals surface area contributed by atoms with E-state index in [4.69, 9.17) is 9.97 Å². The second-order valence-corrected chi connectivity index (χ2v) is 14.3. The molecule has 4 aliphatic rings. The minimum Gasteiger partial charge on any atom is -1.00 e. The van der Waals surface area contributed by atoms with E-state index in [2.05, 4.69) is 123 Å². The van der Waals surface area contributed by atoms with Crippen molar-refractivity contribution in [3.63, 3.8) is 0 Å². The summed E-state index contributed by atoms with van der Waals surface area (Å²) >= 11 is -1.23. The van der Waals surface area contributed by atoms with E-state index in [1.807, 2.05) is 12.4 Å². The first-order chi connectivity index (χ1) is 20.1. The van der Waals surface area contributed by atoms with E-state index in [-0.39, 0.29) is 24.8 Å². The van der Waals surface area contributed by atoms with Gasteiger partial charge in [-0.2, -0.15) is 0 Å². The fraction of sp³-hybridized carbons (Fsp3) is 0.105. The first-order valence-electron chi connectivity index (χ1n) is 14.2. The zero-order chi connectivity index (χ0) is 27.5. The number of benzene rings is 2. The third-order valence-electron chi connectivity index (χ3n) is 8.61. The number of rotatable bonds is 4. The molecule has 2 aromatic carbocycles. The van der Waals surface area contributed by atoms with Gasteiger partial charge in [-0.3, -0.25) is 0 Å². The summed E-state index contributed by atoms with van der Waals surface area (Å²) in [5.41, 5.74) is 15.6. The van der Waals surface area contributed by atoms with Crippen LogP contribution < -0.4 is 24.8 Å².